The van der Waals surface area contributed by atoms with Crippen LogP contribution >= 0.6 is 11.3 Å². The molecule has 2 aliphatic rings. The minimum absolute atomic E-state index is 0.0842. The average Bonchev–Trinajstić information content (AvgIpc) is 3.38. The van der Waals surface area contributed by atoms with Crippen molar-refractivity contribution in [3.63, 3.8) is 0 Å². The van der Waals surface area contributed by atoms with Gasteiger partial charge < -0.3 is 20.1 Å². The number of hydrogen-bond acceptors (Lipinski definition) is 7. The van der Waals surface area contributed by atoms with Crippen LogP contribution in [0.4, 0.5) is 9.93 Å². The van der Waals surface area contributed by atoms with Crippen molar-refractivity contribution in [2.24, 2.45) is 0 Å². The highest BCUT2D eigenvalue weighted by atomic mass is 32.1. The Balaban J connectivity index is 1.36. The fourth-order valence-corrected chi connectivity index (χ4v) is 4.07. The standard InChI is InChI=1S/C20H22N4O5S/c1-20(2,3)15-9-30-18(22-15)23-16(25)7-12-17(26)24(19(27)21-12)8-11-4-5-13-14(6-11)29-10-28-13/h4-6,9,12H,7-8,10H2,1-3H3,(H,21,27)(H,22,23,25). The van der Waals surface area contributed by atoms with E-state index in [9.17, 15) is 14.4 Å². The Morgan fingerprint density at radius 3 is 2.80 bits per heavy atom. The van der Waals surface area contributed by atoms with E-state index >= 15 is 0 Å². The van der Waals surface area contributed by atoms with E-state index in [1.807, 2.05) is 26.2 Å². The van der Waals surface area contributed by atoms with Crippen molar-refractivity contribution in [3.05, 3.63) is 34.8 Å². The zero-order valence-electron chi connectivity index (χ0n) is 16.9. The number of anilines is 1. The van der Waals surface area contributed by atoms with E-state index in [0.717, 1.165) is 16.2 Å². The second kappa shape index (κ2) is 7.60. The first-order valence-corrected chi connectivity index (χ1v) is 10.3. The molecule has 0 radical (unpaired) electrons. The van der Waals surface area contributed by atoms with E-state index in [0.29, 0.717) is 16.6 Å². The third kappa shape index (κ3) is 4.09. The number of urea groups is 1. The first kappa shape index (κ1) is 20.1. The highest BCUT2D eigenvalue weighted by Crippen LogP contribution is 2.33. The smallest absolute Gasteiger partial charge is 0.325 e. The molecule has 4 rings (SSSR count). The first-order valence-electron chi connectivity index (χ1n) is 9.47. The van der Waals surface area contributed by atoms with Crippen LogP contribution in [0.25, 0.3) is 0 Å². The van der Waals surface area contributed by atoms with Crippen molar-refractivity contribution in [2.75, 3.05) is 12.1 Å². The number of amides is 4. The molecule has 2 aliphatic heterocycles. The average molecular weight is 430 g/mol. The minimum Gasteiger partial charge on any atom is -0.454 e. The number of carbonyl (C=O) groups excluding carboxylic acids is 3. The van der Waals surface area contributed by atoms with Gasteiger partial charge in [0, 0.05) is 10.8 Å². The van der Waals surface area contributed by atoms with Crippen molar-refractivity contribution >= 4 is 34.3 Å². The number of imide groups is 1. The number of nitrogens with zero attached hydrogens (tertiary/aromatic N) is 2. The fraction of sp³-hybridized carbons (Fsp3) is 0.400. The lowest BCUT2D eigenvalue weighted by atomic mass is 9.93. The van der Waals surface area contributed by atoms with Crippen LogP contribution < -0.4 is 20.1 Å². The van der Waals surface area contributed by atoms with Crippen LogP contribution in [0.15, 0.2) is 23.6 Å². The lowest BCUT2D eigenvalue weighted by molar-refractivity contribution is -0.130. The third-order valence-electron chi connectivity index (χ3n) is 4.79. The Kier molecular flexibility index (Phi) is 5.10. The SMILES string of the molecule is CC(C)(C)c1csc(NC(=O)CC2NC(=O)N(Cc3ccc4c(c3)OCO4)C2=O)n1. The topological polar surface area (TPSA) is 110 Å². The number of hydrogen-bond donors (Lipinski definition) is 2. The first-order chi connectivity index (χ1) is 14.2. The molecule has 4 amide bonds. The van der Waals surface area contributed by atoms with Gasteiger partial charge >= 0.3 is 6.03 Å². The van der Waals surface area contributed by atoms with Gasteiger partial charge in [0.2, 0.25) is 12.7 Å². The number of rotatable bonds is 5. The Hall–Kier alpha value is -3.14. The molecule has 10 heteroatoms. The van der Waals surface area contributed by atoms with E-state index < -0.39 is 18.0 Å². The van der Waals surface area contributed by atoms with Crippen LogP contribution in [0.3, 0.4) is 0 Å². The predicted molar refractivity (Wildman–Crippen MR) is 109 cm³/mol. The highest BCUT2D eigenvalue weighted by Gasteiger charge is 2.39. The van der Waals surface area contributed by atoms with Crippen LogP contribution in [0.1, 0.15) is 38.4 Å². The molecule has 1 fully saturated rings. The molecule has 158 valence electrons. The minimum atomic E-state index is -0.909. The van der Waals surface area contributed by atoms with E-state index in [1.165, 1.54) is 11.3 Å². The van der Waals surface area contributed by atoms with Crippen molar-refractivity contribution in [2.45, 2.75) is 45.2 Å². The van der Waals surface area contributed by atoms with Gasteiger partial charge in [-0.05, 0) is 17.7 Å². The molecule has 1 aromatic carbocycles. The number of fused-ring (bicyclic) bond motifs is 1. The molecule has 0 saturated carbocycles. The van der Waals surface area contributed by atoms with Gasteiger partial charge in [0.25, 0.3) is 5.91 Å². The van der Waals surface area contributed by atoms with E-state index in [4.69, 9.17) is 9.47 Å². The number of aromatic nitrogens is 1. The maximum absolute atomic E-state index is 12.7. The van der Waals surface area contributed by atoms with Crippen LogP contribution in [-0.4, -0.2) is 40.6 Å². The van der Waals surface area contributed by atoms with E-state index in [2.05, 4.69) is 15.6 Å². The monoisotopic (exact) mass is 430 g/mol. The van der Waals surface area contributed by atoms with Crippen molar-refractivity contribution in [1.29, 1.82) is 0 Å². The van der Waals surface area contributed by atoms with Crippen molar-refractivity contribution in [1.82, 2.24) is 15.2 Å². The van der Waals surface area contributed by atoms with Gasteiger partial charge in [-0.3, -0.25) is 14.5 Å². The Morgan fingerprint density at radius 1 is 1.30 bits per heavy atom. The molecule has 1 unspecified atom stereocenters. The lowest BCUT2D eigenvalue weighted by Gasteiger charge is -2.14. The number of thiazole rings is 1. The van der Waals surface area contributed by atoms with Crippen molar-refractivity contribution < 1.29 is 23.9 Å². The molecule has 2 aromatic rings. The van der Waals surface area contributed by atoms with Gasteiger partial charge in [-0.2, -0.15) is 0 Å². The summed E-state index contributed by atoms with van der Waals surface area (Å²) >= 11 is 1.33. The van der Waals surface area contributed by atoms with Gasteiger partial charge in [0.05, 0.1) is 18.7 Å². The molecule has 1 saturated heterocycles. The van der Waals surface area contributed by atoms with Crippen LogP contribution in [0, 0.1) is 0 Å². The molecule has 2 N–H and O–H groups in total. The molecule has 0 aliphatic carbocycles. The number of ether oxygens (including phenoxy) is 2. The summed E-state index contributed by atoms with van der Waals surface area (Å²) in [7, 11) is 0. The molecule has 1 aromatic heterocycles. The van der Waals surface area contributed by atoms with Gasteiger partial charge in [-0.1, -0.05) is 26.8 Å². The summed E-state index contributed by atoms with van der Waals surface area (Å²) in [6.45, 7) is 6.34. The van der Waals surface area contributed by atoms with Gasteiger partial charge in [-0.15, -0.1) is 11.3 Å². The van der Waals surface area contributed by atoms with Crippen LogP contribution in [-0.2, 0) is 21.5 Å². The Bertz CT molecular complexity index is 1010. The summed E-state index contributed by atoms with van der Waals surface area (Å²) in [6.07, 6.45) is -0.160. The second-order valence-electron chi connectivity index (χ2n) is 8.15. The number of nitrogens with one attached hydrogen (secondary N) is 2. The molecule has 0 bridgehead atoms. The molecular weight excluding hydrogens is 408 g/mol. The van der Waals surface area contributed by atoms with Gasteiger partial charge in [-0.25, -0.2) is 9.78 Å². The third-order valence-corrected chi connectivity index (χ3v) is 5.55. The summed E-state index contributed by atoms with van der Waals surface area (Å²) in [4.78, 5) is 42.8. The number of carbonyl (C=O) groups is 3. The fourth-order valence-electron chi connectivity index (χ4n) is 3.12. The summed E-state index contributed by atoms with van der Waals surface area (Å²) in [5, 5.41) is 7.65. The van der Waals surface area contributed by atoms with Gasteiger partial charge in [0.15, 0.2) is 16.6 Å². The van der Waals surface area contributed by atoms with E-state index in [1.54, 1.807) is 18.2 Å². The summed E-state index contributed by atoms with van der Waals surface area (Å²) in [6, 6.07) is 3.80. The van der Waals surface area contributed by atoms with Crippen molar-refractivity contribution in [3.8, 4) is 11.5 Å². The molecule has 1 atom stereocenters. The largest absolute Gasteiger partial charge is 0.454 e. The normalized spacial score (nSPS) is 18.0. The lowest BCUT2D eigenvalue weighted by Crippen LogP contribution is -2.34. The van der Waals surface area contributed by atoms with Crippen LogP contribution in [0.2, 0.25) is 0 Å². The molecular formula is C20H22N4O5S. The van der Waals surface area contributed by atoms with E-state index in [-0.39, 0.29) is 31.1 Å². The zero-order valence-corrected chi connectivity index (χ0v) is 17.7. The summed E-state index contributed by atoms with van der Waals surface area (Å²) < 4.78 is 10.6. The Morgan fingerprint density at radius 2 is 2.07 bits per heavy atom. The quantitative estimate of drug-likeness (QED) is 0.706. The zero-order chi connectivity index (χ0) is 21.5. The van der Waals surface area contributed by atoms with Crippen LogP contribution in [0.5, 0.6) is 11.5 Å². The molecule has 9 nitrogen and oxygen atoms in total. The Labute approximate surface area is 177 Å². The number of benzene rings is 1. The maximum Gasteiger partial charge on any atom is 0.325 e. The molecule has 30 heavy (non-hydrogen) atoms. The summed E-state index contributed by atoms with van der Waals surface area (Å²) in [5.74, 6) is 0.381. The maximum atomic E-state index is 12.7. The highest BCUT2D eigenvalue weighted by molar-refractivity contribution is 7.13. The predicted octanol–water partition coefficient (Wildman–Crippen LogP) is 2.62. The van der Waals surface area contributed by atoms with Gasteiger partial charge in [0.1, 0.15) is 6.04 Å². The second-order valence-corrected chi connectivity index (χ2v) is 9.01. The summed E-state index contributed by atoms with van der Waals surface area (Å²) in [5.41, 5.74) is 1.48. The molecule has 3 heterocycles. The molecule has 0 spiro atoms.